The van der Waals surface area contributed by atoms with Crippen molar-refractivity contribution in [3.8, 4) is 23.6 Å². The number of hydrogen-bond donors (Lipinski definition) is 2. The van der Waals surface area contributed by atoms with Gasteiger partial charge in [0.2, 0.25) is 5.75 Å². The number of nitrogens with one attached hydrogen (secondary N) is 2. The largest absolute Gasteiger partial charge is 0.455 e. The summed E-state index contributed by atoms with van der Waals surface area (Å²) in [6, 6.07) is 4.29. The van der Waals surface area contributed by atoms with E-state index in [4.69, 9.17) is 21.6 Å². The number of ether oxygens (including phenoxy) is 2. The first-order valence-corrected chi connectivity index (χ1v) is 9.49. The van der Waals surface area contributed by atoms with E-state index in [0.29, 0.717) is 0 Å². The molecule has 0 saturated carbocycles. The van der Waals surface area contributed by atoms with Crippen molar-refractivity contribution in [2.45, 2.75) is 18.8 Å². The number of nitrogens with zero attached hydrogens (tertiary/aromatic N) is 3. The number of rotatable bonds is 6. The molecule has 3 aromatic rings. The second-order valence-corrected chi connectivity index (χ2v) is 7.14. The van der Waals surface area contributed by atoms with Crippen LogP contribution in [-0.4, -0.2) is 32.7 Å². The molecular weight excluding hydrogens is 512 g/mol. The lowest BCUT2D eigenvalue weighted by molar-refractivity contribution is -0.154. The van der Waals surface area contributed by atoms with Crippen LogP contribution in [0, 0.1) is 11.3 Å². The molecule has 0 aliphatic heterocycles. The van der Waals surface area contributed by atoms with E-state index in [0.717, 1.165) is 18.3 Å². The zero-order valence-electron chi connectivity index (χ0n) is 16.8. The predicted octanol–water partition coefficient (Wildman–Crippen LogP) is 3.72. The van der Waals surface area contributed by atoms with Gasteiger partial charge in [-0.15, -0.1) is 0 Å². The van der Waals surface area contributed by atoms with E-state index in [9.17, 15) is 35.9 Å². The van der Waals surface area contributed by atoms with Gasteiger partial charge in [-0.1, -0.05) is 11.6 Å². The van der Waals surface area contributed by atoms with E-state index >= 15 is 0 Å². The normalized spacial score (nSPS) is 11.7. The fourth-order valence-corrected chi connectivity index (χ4v) is 2.84. The van der Waals surface area contributed by atoms with Crippen LogP contribution < -0.4 is 20.6 Å². The van der Waals surface area contributed by atoms with Crippen molar-refractivity contribution in [1.82, 2.24) is 19.9 Å². The molecule has 0 saturated heterocycles. The van der Waals surface area contributed by atoms with E-state index in [1.54, 1.807) is 6.07 Å². The number of nitriles is 1. The average Bonchev–Trinajstić information content (AvgIpc) is 2.74. The maximum Gasteiger partial charge on any atom is 0.437 e. The van der Waals surface area contributed by atoms with Gasteiger partial charge in [-0.05, 0) is 18.2 Å². The summed E-state index contributed by atoms with van der Waals surface area (Å²) in [5.41, 5.74) is -4.50. The molecule has 2 aromatic heterocycles. The highest BCUT2D eigenvalue weighted by Gasteiger charge is 2.39. The Kier molecular flexibility index (Phi) is 7.06. The summed E-state index contributed by atoms with van der Waals surface area (Å²) < 4.78 is 86.8. The lowest BCUT2D eigenvalue weighted by atomic mass is 10.2. The molecule has 0 amide bonds. The smallest absolute Gasteiger partial charge is 0.437 e. The lowest BCUT2D eigenvalue weighted by Crippen LogP contribution is -2.24. The predicted molar refractivity (Wildman–Crippen MR) is 105 cm³/mol. The van der Waals surface area contributed by atoms with Crippen LogP contribution in [0.5, 0.6) is 17.5 Å². The average molecular weight is 522 g/mol. The lowest BCUT2D eigenvalue weighted by Gasteiger charge is -2.14. The van der Waals surface area contributed by atoms with E-state index in [-0.39, 0.29) is 21.9 Å². The van der Waals surface area contributed by atoms with Gasteiger partial charge >= 0.3 is 12.4 Å². The van der Waals surface area contributed by atoms with Gasteiger partial charge < -0.3 is 14.5 Å². The Hall–Kier alpha value is -4.06. The maximum atomic E-state index is 13.6. The molecule has 0 fully saturated rings. The van der Waals surface area contributed by atoms with Crippen molar-refractivity contribution < 1.29 is 35.8 Å². The van der Waals surface area contributed by atoms with Gasteiger partial charge in [-0.3, -0.25) is 14.6 Å². The fourth-order valence-electron chi connectivity index (χ4n) is 2.62. The zero-order valence-corrected chi connectivity index (χ0v) is 17.6. The molecule has 0 unspecified atom stereocenters. The van der Waals surface area contributed by atoms with Crippen molar-refractivity contribution in [2.24, 2.45) is 0 Å². The molecule has 2 heterocycles. The van der Waals surface area contributed by atoms with Crippen LogP contribution in [0.2, 0.25) is 5.02 Å². The topological polar surface area (TPSA) is 134 Å². The minimum atomic E-state index is -5.17. The van der Waals surface area contributed by atoms with Crippen LogP contribution in [0.15, 0.2) is 34.0 Å². The summed E-state index contributed by atoms with van der Waals surface area (Å²) in [5.74, 6) is -2.19. The number of hydrogen-bond acceptors (Lipinski definition) is 7. The number of benzene rings is 1. The number of aromatic nitrogens is 4. The number of H-pyrrole nitrogens is 2. The first-order valence-electron chi connectivity index (χ1n) is 9.12. The number of alkyl halides is 6. The summed E-state index contributed by atoms with van der Waals surface area (Å²) in [6.07, 6.45) is -9.78. The SMILES string of the molecule is N#Cc1cc(Cl)cc(Oc2c(C(F)(F)F)nc(Cc3cnc(OCC(F)(F)F)[nH]c3=O)[nH]c2=O)c1. The van der Waals surface area contributed by atoms with Crippen LogP contribution in [0.25, 0.3) is 0 Å². The fraction of sp³-hybridized carbons (Fsp3) is 0.211. The Morgan fingerprint density at radius 1 is 1.06 bits per heavy atom. The molecule has 0 bridgehead atoms. The molecule has 0 aliphatic rings. The third-order valence-electron chi connectivity index (χ3n) is 3.99. The monoisotopic (exact) mass is 521 g/mol. The van der Waals surface area contributed by atoms with Crippen molar-refractivity contribution in [1.29, 1.82) is 5.26 Å². The molecule has 1 aromatic carbocycles. The highest BCUT2D eigenvalue weighted by Crippen LogP contribution is 2.35. The third-order valence-corrected chi connectivity index (χ3v) is 4.21. The molecule has 9 nitrogen and oxygen atoms in total. The summed E-state index contributed by atoms with van der Waals surface area (Å²) >= 11 is 5.79. The molecule has 0 spiro atoms. The van der Waals surface area contributed by atoms with E-state index in [1.807, 2.05) is 9.97 Å². The van der Waals surface area contributed by atoms with Gasteiger partial charge in [0.1, 0.15) is 11.6 Å². The van der Waals surface area contributed by atoms with Crippen molar-refractivity contribution in [3.63, 3.8) is 0 Å². The van der Waals surface area contributed by atoms with Gasteiger partial charge in [-0.25, -0.2) is 9.97 Å². The van der Waals surface area contributed by atoms with E-state index < -0.39 is 59.8 Å². The minimum Gasteiger partial charge on any atom is -0.455 e. The molecule has 0 radical (unpaired) electrons. The third kappa shape index (κ3) is 6.73. The van der Waals surface area contributed by atoms with Crippen LogP contribution in [0.4, 0.5) is 26.3 Å². The molecule has 3 rings (SSSR count). The molecule has 0 aliphatic carbocycles. The van der Waals surface area contributed by atoms with Crippen molar-refractivity contribution >= 4 is 11.6 Å². The second kappa shape index (κ2) is 9.66. The van der Waals surface area contributed by atoms with Gasteiger partial charge in [0.15, 0.2) is 12.3 Å². The van der Waals surface area contributed by atoms with Crippen molar-refractivity contribution in [2.75, 3.05) is 6.61 Å². The Labute approximate surface area is 194 Å². The molecule has 184 valence electrons. The van der Waals surface area contributed by atoms with E-state index in [2.05, 4.69) is 14.7 Å². The Bertz CT molecular complexity index is 1410. The summed E-state index contributed by atoms with van der Waals surface area (Å²) in [5, 5.41) is 8.92. The van der Waals surface area contributed by atoms with Gasteiger partial charge in [0, 0.05) is 23.2 Å². The molecule has 0 atom stereocenters. The van der Waals surface area contributed by atoms with E-state index in [1.165, 1.54) is 6.07 Å². The quantitative estimate of drug-likeness (QED) is 0.472. The number of aromatic amines is 2. The van der Waals surface area contributed by atoms with Crippen LogP contribution in [0.3, 0.4) is 0 Å². The highest BCUT2D eigenvalue weighted by atomic mass is 35.5. The Morgan fingerprint density at radius 2 is 1.77 bits per heavy atom. The Morgan fingerprint density at radius 3 is 2.37 bits per heavy atom. The maximum absolute atomic E-state index is 13.6. The zero-order chi connectivity index (χ0) is 26.0. The first-order chi connectivity index (χ1) is 16.2. The molecular formula is C19H10ClF6N5O4. The van der Waals surface area contributed by atoms with Crippen molar-refractivity contribution in [3.05, 3.63) is 72.8 Å². The molecule has 2 N–H and O–H groups in total. The number of halogens is 7. The standard InChI is InChI=1S/C19H10ClF6N5O4/c20-10-1-8(5-27)2-11(4-10)35-13-14(19(24,25)26)29-12(30-16(13)33)3-9-6-28-17(31-15(9)32)34-7-18(21,22)23/h1-2,4,6H,3,7H2,(H,28,31,32)(H,29,30,33). The second-order valence-electron chi connectivity index (χ2n) is 6.70. The Balaban J connectivity index is 1.94. The van der Waals surface area contributed by atoms with Gasteiger partial charge in [-0.2, -0.15) is 31.6 Å². The summed E-state index contributed by atoms with van der Waals surface area (Å²) in [7, 11) is 0. The van der Waals surface area contributed by atoms with Crippen LogP contribution in [0.1, 0.15) is 22.6 Å². The molecule has 16 heteroatoms. The highest BCUT2D eigenvalue weighted by molar-refractivity contribution is 6.30. The summed E-state index contributed by atoms with van der Waals surface area (Å²) in [6.45, 7) is -1.73. The van der Waals surface area contributed by atoms with Gasteiger partial charge in [0.25, 0.3) is 17.1 Å². The van der Waals surface area contributed by atoms with Crippen LogP contribution >= 0.6 is 11.6 Å². The van der Waals surface area contributed by atoms with Crippen LogP contribution in [-0.2, 0) is 12.6 Å². The van der Waals surface area contributed by atoms with Gasteiger partial charge in [0.05, 0.1) is 11.6 Å². The first kappa shape index (κ1) is 25.6. The molecule has 35 heavy (non-hydrogen) atoms. The minimum absolute atomic E-state index is 0.0389. The summed E-state index contributed by atoms with van der Waals surface area (Å²) in [4.78, 5) is 35.2.